The summed E-state index contributed by atoms with van der Waals surface area (Å²) in [5.74, 6) is 1.71. The maximum atomic E-state index is 6.31. The van der Waals surface area contributed by atoms with Crippen LogP contribution in [-0.2, 0) is 6.61 Å². The molecule has 0 bridgehead atoms. The van der Waals surface area contributed by atoms with E-state index >= 15 is 0 Å². The Morgan fingerprint density at radius 2 is 1.86 bits per heavy atom. The number of benzene rings is 1. The van der Waals surface area contributed by atoms with Crippen molar-refractivity contribution >= 4 is 19.7 Å². The minimum Gasteiger partial charge on any atom is -0.543 e. The van der Waals surface area contributed by atoms with Gasteiger partial charge in [-0.15, -0.1) is 11.3 Å². The van der Waals surface area contributed by atoms with Crippen LogP contribution in [0.5, 0.6) is 11.5 Å². The highest BCUT2D eigenvalue weighted by Gasteiger charge is 2.38. The maximum absolute atomic E-state index is 6.31. The summed E-state index contributed by atoms with van der Waals surface area (Å²) in [6.45, 7) is 13.7. The minimum absolute atomic E-state index is 0.183. The first-order valence-corrected chi connectivity index (χ1v) is 11.3. The number of aryl methyl sites for hydroxylation is 1. The van der Waals surface area contributed by atoms with E-state index in [2.05, 4.69) is 38.8 Å². The molecule has 2 rings (SSSR count). The molecule has 0 fully saturated rings. The molecule has 0 aliphatic carbocycles. The Hall–Kier alpha value is -1.33. The van der Waals surface area contributed by atoms with Gasteiger partial charge in [-0.25, -0.2) is 4.98 Å². The van der Waals surface area contributed by atoms with E-state index in [9.17, 15) is 0 Å². The van der Waals surface area contributed by atoms with Crippen molar-refractivity contribution in [1.29, 1.82) is 0 Å². The fraction of sp³-hybridized carbons (Fsp3) is 0.471. The summed E-state index contributed by atoms with van der Waals surface area (Å²) in [4.78, 5) is 4.41. The Morgan fingerprint density at radius 3 is 2.45 bits per heavy atom. The number of rotatable bonds is 5. The molecule has 0 N–H and O–H groups in total. The molecule has 0 saturated heterocycles. The van der Waals surface area contributed by atoms with Crippen molar-refractivity contribution in [1.82, 2.24) is 4.98 Å². The van der Waals surface area contributed by atoms with Gasteiger partial charge in [0.05, 0.1) is 10.7 Å². The molecule has 1 aromatic heterocycles. The lowest BCUT2D eigenvalue weighted by Crippen LogP contribution is -2.43. The van der Waals surface area contributed by atoms with Crippen molar-refractivity contribution in [3.05, 3.63) is 40.3 Å². The molecule has 0 atom stereocenters. The van der Waals surface area contributed by atoms with Gasteiger partial charge in [0.15, 0.2) is 0 Å². The fourth-order valence-electron chi connectivity index (χ4n) is 1.71. The highest BCUT2D eigenvalue weighted by Crippen LogP contribution is 2.37. The highest BCUT2D eigenvalue weighted by molar-refractivity contribution is 7.09. The first-order chi connectivity index (χ1) is 10.2. The van der Waals surface area contributed by atoms with Crippen LogP contribution < -0.4 is 9.16 Å². The Morgan fingerprint density at radius 1 is 1.18 bits per heavy atom. The molecule has 0 spiro atoms. The molecule has 2 aromatic rings. The summed E-state index contributed by atoms with van der Waals surface area (Å²) in [5, 5.41) is 3.28. The second-order valence-electron chi connectivity index (χ2n) is 6.98. The largest absolute Gasteiger partial charge is 0.543 e. The lowest BCUT2D eigenvalue weighted by atomic mass is 10.2. The number of thiazole rings is 1. The predicted octanol–water partition coefficient (Wildman–Crippen LogP) is 5.41. The average molecular weight is 336 g/mol. The van der Waals surface area contributed by atoms with Crippen LogP contribution >= 0.6 is 11.3 Å². The molecular formula is C17H25NO2SSi. The number of aromatic nitrogens is 1. The molecule has 1 heterocycles. The zero-order valence-electron chi connectivity index (χ0n) is 14.3. The Labute approximate surface area is 138 Å². The van der Waals surface area contributed by atoms with E-state index in [0.717, 1.165) is 22.2 Å². The first kappa shape index (κ1) is 17.0. The Kier molecular flexibility index (Phi) is 4.97. The molecule has 3 nitrogen and oxygen atoms in total. The van der Waals surface area contributed by atoms with Gasteiger partial charge in [-0.05, 0) is 37.2 Å². The van der Waals surface area contributed by atoms with Crippen molar-refractivity contribution in [3.8, 4) is 11.5 Å². The second kappa shape index (κ2) is 6.42. The van der Waals surface area contributed by atoms with Crippen LogP contribution in [0.25, 0.3) is 0 Å². The molecule has 120 valence electrons. The SMILES string of the molecule is Cc1nc(COc2cccc(O[Si](C)(C)C(C)(C)C)c2)cs1. The van der Waals surface area contributed by atoms with Gasteiger partial charge in [0.25, 0.3) is 0 Å². The normalized spacial score (nSPS) is 12.3. The van der Waals surface area contributed by atoms with Gasteiger partial charge in [-0.1, -0.05) is 26.8 Å². The van der Waals surface area contributed by atoms with E-state index in [4.69, 9.17) is 9.16 Å². The molecule has 22 heavy (non-hydrogen) atoms. The predicted molar refractivity (Wildman–Crippen MR) is 95.5 cm³/mol. The molecule has 0 aliphatic heterocycles. The monoisotopic (exact) mass is 335 g/mol. The van der Waals surface area contributed by atoms with Crippen molar-refractivity contribution in [2.45, 2.75) is 52.4 Å². The Balaban J connectivity index is 2.04. The summed E-state index contributed by atoms with van der Waals surface area (Å²) in [5.41, 5.74) is 0.971. The van der Waals surface area contributed by atoms with E-state index in [-0.39, 0.29) is 5.04 Å². The van der Waals surface area contributed by atoms with E-state index < -0.39 is 8.32 Å². The van der Waals surface area contributed by atoms with Crippen molar-refractivity contribution < 1.29 is 9.16 Å². The third-order valence-corrected chi connectivity index (χ3v) is 9.22. The number of nitrogens with zero attached hydrogens (tertiary/aromatic N) is 1. The van der Waals surface area contributed by atoms with Crippen molar-refractivity contribution in [2.75, 3.05) is 0 Å². The molecule has 0 aliphatic rings. The summed E-state index contributed by atoms with van der Waals surface area (Å²) >= 11 is 1.64. The van der Waals surface area contributed by atoms with Crippen molar-refractivity contribution in [2.24, 2.45) is 0 Å². The first-order valence-electron chi connectivity index (χ1n) is 7.50. The van der Waals surface area contributed by atoms with Gasteiger partial charge in [0.1, 0.15) is 18.1 Å². The number of ether oxygens (including phenoxy) is 1. The zero-order valence-corrected chi connectivity index (χ0v) is 16.1. The summed E-state index contributed by atoms with van der Waals surface area (Å²) in [6, 6.07) is 7.90. The standard InChI is InChI=1S/C17H25NO2SSi/c1-13-18-14(12-21-13)11-19-15-8-7-9-16(10-15)20-22(5,6)17(2,3)4/h7-10,12H,11H2,1-6H3. The molecule has 0 radical (unpaired) electrons. The van der Waals surface area contributed by atoms with E-state index in [1.54, 1.807) is 11.3 Å². The third-order valence-electron chi connectivity index (χ3n) is 4.04. The number of hydrogen-bond acceptors (Lipinski definition) is 4. The van der Waals surface area contributed by atoms with Gasteiger partial charge < -0.3 is 9.16 Å². The lowest BCUT2D eigenvalue weighted by molar-refractivity contribution is 0.301. The fourth-order valence-corrected chi connectivity index (χ4v) is 3.33. The molecule has 0 unspecified atom stereocenters. The topological polar surface area (TPSA) is 31.4 Å². The van der Waals surface area contributed by atoms with Crippen LogP contribution in [0.2, 0.25) is 18.1 Å². The van der Waals surface area contributed by atoms with Gasteiger partial charge in [0, 0.05) is 11.4 Å². The number of hydrogen-bond donors (Lipinski definition) is 0. The smallest absolute Gasteiger partial charge is 0.250 e. The minimum atomic E-state index is -1.82. The highest BCUT2D eigenvalue weighted by atomic mass is 32.1. The molecule has 0 amide bonds. The molecular weight excluding hydrogens is 310 g/mol. The van der Waals surface area contributed by atoms with Crippen LogP contribution in [0.4, 0.5) is 0 Å². The van der Waals surface area contributed by atoms with Gasteiger partial charge in [0.2, 0.25) is 8.32 Å². The van der Waals surface area contributed by atoms with Crippen LogP contribution in [-0.4, -0.2) is 13.3 Å². The third kappa shape index (κ3) is 4.33. The van der Waals surface area contributed by atoms with E-state index in [0.29, 0.717) is 6.61 Å². The quantitative estimate of drug-likeness (QED) is 0.684. The summed E-state index contributed by atoms with van der Waals surface area (Å²) in [7, 11) is -1.82. The van der Waals surface area contributed by atoms with Crippen LogP contribution in [0, 0.1) is 6.92 Å². The summed E-state index contributed by atoms with van der Waals surface area (Å²) in [6.07, 6.45) is 0. The zero-order chi connectivity index (χ0) is 16.4. The second-order valence-corrected chi connectivity index (χ2v) is 12.8. The van der Waals surface area contributed by atoms with Crippen LogP contribution in [0.3, 0.4) is 0 Å². The van der Waals surface area contributed by atoms with Gasteiger partial charge in [-0.2, -0.15) is 0 Å². The van der Waals surface area contributed by atoms with Gasteiger partial charge >= 0.3 is 0 Å². The van der Waals surface area contributed by atoms with Gasteiger partial charge in [-0.3, -0.25) is 0 Å². The van der Waals surface area contributed by atoms with E-state index in [1.165, 1.54) is 0 Å². The lowest BCUT2D eigenvalue weighted by Gasteiger charge is -2.36. The molecule has 0 saturated carbocycles. The summed E-state index contributed by atoms with van der Waals surface area (Å²) < 4.78 is 12.1. The maximum Gasteiger partial charge on any atom is 0.250 e. The Bertz CT molecular complexity index is 632. The van der Waals surface area contributed by atoms with Crippen LogP contribution in [0.15, 0.2) is 29.6 Å². The average Bonchev–Trinajstić information content (AvgIpc) is 2.81. The van der Waals surface area contributed by atoms with Crippen molar-refractivity contribution in [3.63, 3.8) is 0 Å². The molecule has 1 aromatic carbocycles. The van der Waals surface area contributed by atoms with Crippen LogP contribution in [0.1, 0.15) is 31.5 Å². The van der Waals surface area contributed by atoms with E-state index in [1.807, 2.05) is 36.6 Å². The molecule has 5 heteroatoms.